The van der Waals surface area contributed by atoms with Crippen molar-refractivity contribution in [2.45, 2.75) is 63.9 Å². The molecule has 0 aromatic heterocycles. The van der Waals surface area contributed by atoms with Crippen LogP contribution < -0.4 is 10.0 Å². The molecule has 0 spiro atoms. The van der Waals surface area contributed by atoms with E-state index in [9.17, 15) is 22.4 Å². The summed E-state index contributed by atoms with van der Waals surface area (Å²) in [7, 11) is -4.20. The van der Waals surface area contributed by atoms with Gasteiger partial charge in [0, 0.05) is 42.8 Å². The van der Waals surface area contributed by atoms with E-state index in [1.54, 1.807) is 25.1 Å². The number of sulfonamides is 1. The van der Waals surface area contributed by atoms with Gasteiger partial charge < -0.3 is 10.6 Å². The van der Waals surface area contributed by atoms with E-state index < -0.39 is 20.8 Å². The number of hydrogen-bond donors (Lipinski definition) is 1. The first kappa shape index (κ1) is 29.0. The molecule has 2 saturated heterocycles. The van der Waals surface area contributed by atoms with Gasteiger partial charge in [-0.3, -0.25) is 9.69 Å². The summed E-state index contributed by atoms with van der Waals surface area (Å²) in [6.07, 6.45) is 4.69. The van der Waals surface area contributed by atoms with E-state index in [0.29, 0.717) is 35.1 Å². The van der Waals surface area contributed by atoms with E-state index >= 15 is 0 Å². The molecule has 2 atom stereocenters. The number of piperazine rings is 1. The van der Waals surface area contributed by atoms with Crippen molar-refractivity contribution in [2.24, 2.45) is 5.73 Å². The van der Waals surface area contributed by atoms with Gasteiger partial charge in [-0.25, -0.2) is 17.6 Å². The summed E-state index contributed by atoms with van der Waals surface area (Å²) in [5.41, 5.74) is 7.54. The Labute approximate surface area is 234 Å². The number of likely N-dealkylation sites (tertiary alicyclic amines) is 1. The molecule has 2 bridgehead atoms. The number of rotatable bonds is 6. The van der Waals surface area contributed by atoms with E-state index in [4.69, 9.17) is 17.3 Å². The Hall–Kier alpha value is -2.95. The predicted octanol–water partition coefficient (Wildman–Crippen LogP) is 4.69. The van der Waals surface area contributed by atoms with Crippen LogP contribution in [0.25, 0.3) is 6.08 Å². The highest BCUT2D eigenvalue weighted by molar-refractivity contribution is 7.94. The topological polar surface area (TPSA) is 104 Å². The fourth-order valence-electron chi connectivity index (χ4n) is 5.22. The molecule has 2 unspecified atom stereocenters. The SMILES string of the molecule is Cc1cc(/C=C/C(=O)N2C3CCC2CN(Cc2ccc(F)cc2)C3)c(N(C(N)=O)S(=O)(=O)C(C)(C)C)cc1Cl. The van der Waals surface area contributed by atoms with Crippen molar-refractivity contribution >= 4 is 45.3 Å². The van der Waals surface area contributed by atoms with Crippen molar-refractivity contribution in [3.05, 3.63) is 70.0 Å². The van der Waals surface area contributed by atoms with Crippen molar-refractivity contribution in [3.63, 3.8) is 0 Å². The Balaban J connectivity index is 1.57. The van der Waals surface area contributed by atoms with Crippen molar-refractivity contribution in [3.8, 4) is 0 Å². The molecule has 4 rings (SSSR count). The average Bonchev–Trinajstić information content (AvgIpc) is 3.11. The number of hydrogen-bond acceptors (Lipinski definition) is 5. The zero-order chi connectivity index (χ0) is 28.7. The van der Waals surface area contributed by atoms with Crippen LogP contribution >= 0.6 is 11.6 Å². The fourth-order valence-corrected chi connectivity index (χ4v) is 6.58. The summed E-state index contributed by atoms with van der Waals surface area (Å²) in [6, 6.07) is 8.38. The van der Waals surface area contributed by atoms with Gasteiger partial charge in [0.15, 0.2) is 0 Å². The van der Waals surface area contributed by atoms with Crippen LogP contribution in [-0.2, 0) is 21.4 Å². The maximum atomic E-state index is 13.4. The third kappa shape index (κ3) is 5.97. The maximum Gasteiger partial charge on any atom is 0.333 e. The number of anilines is 1. The van der Waals surface area contributed by atoms with Crippen LogP contribution in [0.15, 0.2) is 42.5 Å². The first-order valence-electron chi connectivity index (χ1n) is 12.8. The molecule has 0 aliphatic carbocycles. The van der Waals surface area contributed by atoms with Crippen LogP contribution in [0.5, 0.6) is 0 Å². The number of primary amides is 1. The van der Waals surface area contributed by atoms with Gasteiger partial charge in [-0.2, -0.15) is 4.31 Å². The minimum absolute atomic E-state index is 0.0100. The van der Waals surface area contributed by atoms with Crippen LogP contribution in [-0.4, -0.2) is 60.1 Å². The number of benzene rings is 2. The number of nitrogens with zero attached hydrogens (tertiary/aromatic N) is 3. The highest BCUT2D eigenvalue weighted by Crippen LogP contribution is 2.35. The quantitative estimate of drug-likeness (QED) is 0.503. The van der Waals surface area contributed by atoms with E-state index in [0.717, 1.165) is 18.4 Å². The number of carbonyl (C=O) groups excluding carboxylic acids is 2. The standard InChI is InChI=1S/C28H34ClFN4O4S/c1-18-13-20(25(14-24(18)29)34(27(31)36)39(37,38)28(2,3)4)7-12-26(35)33-22-10-11-23(33)17-32(16-22)15-19-5-8-21(30)9-6-19/h5-9,12-14,22-23H,10-11,15-17H2,1-4H3,(H2,31,36)/b12-7+. The van der Waals surface area contributed by atoms with Gasteiger partial charge in [0.2, 0.25) is 15.9 Å². The van der Waals surface area contributed by atoms with Crippen LogP contribution in [0.3, 0.4) is 0 Å². The Morgan fingerprint density at radius 2 is 1.72 bits per heavy atom. The highest BCUT2D eigenvalue weighted by atomic mass is 35.5. The second-order valence-corrected chi connectivity index (χ2v) is 14.1. The third-order valence-corrected chi connectivity index (χ3v) is 10.1. The van der Waals surface area contributed by atoms with Gasteiger partial charge >= 0.3 is 6.03 Å². The zero-order valence-corrected chi connectivity index (χ0v) is 24.1. The van der Waals surface area contributed by atoms with Gasteiger partial charge in [0.25, 0.3) is 0 Å². The third-order valence-electron chi connectivity index (χ3n) is 7.28. The van der Waals surface area contributed by atoms with E-state index in [1.165, 1.54) is 51.1 Å². The largest absolute Gasteiger partial charge is 0.350 e. The molecule has 2 aliphatic rings. The minimum Gasteiger partial charge on any atom is -0.350 e. The molecule has 0 saturated carbocycles. The summed E-state index contributed by atoms with van der Waals surface area (Å²) in [4.78, 5) is 30.0. The molecule has 8 nitrogen and oxygen atoms in total. The molecule has 2 aromatic rings. The average molecular weight is 577 g/mol. The highest BCUT2D eigenvalue weighted by Gasteiger charge is 2.42. The number of fused-ring (bicyclic) bond motifs is 2. The number of nitrogens with two attached hydrogens (primary N) is 1. The molecular formula is C28H34ClFN4O4S. The maximum absolute atomic E-state index is 13.4. The summed E-state index contributed by atoms with van der Waals surface area (Å²) < 4.78 is 39.0. The lowest BCUT2D eigenvalue weighted by Gasteiger charge is -2.40. The first-order chi connectivity index (χ1) is 18.2. The van der Waals surface area contributed by atoms with E-state index in [1.807, 2.05) is 4.90 Å². The lowest BCUT2D eigenvalue weighted by atomic mass is 10.1. The Bertz CT molecular complexity index is 1390. The van der Waals surface area contributed by atoms with Crippen LogP contribution in [0.2, 0.25) is 5.02 Å². The minimum atomic E-state index is -4.20. The van der Waals surface area contributed by atoms with Gasteiger partial charge in [-0.05, 0) is 87.6 Å². The number of amides is 3. The molecule has 2 heterocycles. The molecule has 210 valence electrons. The van der Waals surface area contributed by atoms with Crippen molar-refractivity contribution in [2.75, 3.05) is 17.4 Å². The lowest BCUT2D eigenvalue weighted by Crippen LogP contribution is -2.55. The molecule has 0 radical (unpaired) electrons. The number of carbonyl (C=O) groups is 2. The normalized spacial score (nSPS) is 20.0. The zero-order valence-electron chi connectivity index (χ0n) is 22.5. The lowest BCUT2D eigenvalue weighted by molar-refractivity contribution is -0.131. The smallest absolute Gasteiger partial charge is 0.333 e. The van der Waals surface area contributed by atoms with Crippen LogP contribution in [0.4, 0.5) is 14.9 Å². The number of aryl methyl sites for hydroxylation is 1. The van der Waals surface area contributed by atoms with Crippen molar-refractivity contribution in [1.29, 1.82) is 0 Å². The fraction of sp³-hybridized carbons (Fsp3) is 0.429. The van der Waals surface area contributed by atoms with Crippen LogP contribution in [0, 0.1) is 12.7 Å². The number of halogens is 2. The van der Waals surface area contributed by atoms with Gasteiger partial charge in [0.05, 0.1) is 10.4 Å². The summed E-state index contributed by atoms with van der Waals surface area (Å²) in [5.74, 6) is -0.457. The van der Waals surface area contributed by atoms with Crippen molar-refractivity contribution < 1.29 is 22.4 Å². The van der Waals surface area contributed by atoms with Crippen molar-refractivity contribution in [1.82, 2.24) is 9.80 Å². The Morgan fingerprint density at radius 1 is 1.13 bits per heavy atom. The second kappa shape index (κ2) is 10.9. The molecule has 2 fully saturated rings. The second-order valence-electron chi connectivity index (χ2n) is 11.2. The molecule has 11 heteroatoms. The Kier molecular flexibility index (Phi) is 8.12. The summed E-state index contributed by atoms with van der Waals surface area (Å²) in [5, 5.41) is 0.263. The Morgan fingerprint density at radius 3 is 2.26 bits per heavy atom. The molecule has 2 aromatic carbocycles. The molecule has 2 aliphatic heterocycles. The van der Waals surface area contributed by atoms with Gasteiger partial charge in [0.1, 0.15) is 5.82 Å². The van der Waals surface area contributed by atoms with Crippen LogP contribution in [0.1, 0.15) is 50.3 Å². The molecule has 2 N–H and O–H groups in total. The van der Waals surface area contributed by atoms with Gasteiger partial charge in [-0.15, -0.1) is 0 Å². The predicted molar refractivity (Wildman–Crippen MR) is 151 cm³/mol. The summed E-state index contributed by atoms with van der Waals surface area (Å²) in [6.45, 7) is 8.26. The number of urea groups is 1. The first-order valence-corrected chi connectivity index (χ1v) is 14.6. The molecule has 39 heavy (non-hydrogen) atoms. The molecular weight excluding hydrogens is 543 g/mol. The summed E-state index contributed by atoms with van der Waals surface area (Å²) >= 11 is 6.31. The monoisotopic (exact) mass is 576 g/mol. The molecule has 3 amide bonds. The van der Waals surface area contributed by atoms with Gasteiger partial charge in [-0.1, -0.05) is 23.7 Å². The van der Waals surface area contributed by atoms with E-state index in [2.05, 4.69) is 4.90 Å². The van der Waals surface area contributed by atoms with E-state index in [-0.39, 0.29) is 34.5 Å².